The number of ketones is 1. The fourth-order valence-corrected chi connectivity index (χ4v) is 4.66. The van der Waals surface area contributed by atoms with E-state index in [-0.39, 0.29) is 16.9 Å². The molecule has 1 N–H and O–H groups in total. The van der Waals surface area contributed by atoms with Gasteiger partial charge in [-0.2, -0.15) is 0 Å². The molecule has 150 valence electrons. The van der Waals surface area contributed by atoms with Crippen LogP contribution in [0.3, 0.4) is 0 Å². The Hall–Kier alpha value is -1.91. The predicted octanol–water partition coefficient (Wildman–Crippen LogP) is 5.44. The minimum absolute atomic E-state index is 0.0570. The zero-order valence-electron chi connectivity index (χ0n) is 17.1. The molecule has 0 radical (unpaired) electrons. The molecular weight excluding hydrogens is 372 g/mol. The molecule has 0 bridgehead atoms. The van der Waals surface area contributed by atoms with Crippen molar-refractivity contribution in [1.82, 2.24) is 10.3 Å². The van der Waals surface area contributed by atoms with Gasteiger partial charge in [0, 0.05) is 29.3 Å². The lowest BCUT2D eigenvalue weighted by atomic mass is 9.74. The highest BCUT2D eigenvalue weighted by atomic mass is 35.5. The highest BCUT2D eigenvalue weighted by Crippen LogP contribution is 2.35. The summed E-state index contributed by atoms with van der Waals surface area (Å²) in [4.78, 5) is 16.8. The lowest BCUT2D eigenvalue weighted by molar-refractivity contribution is 0.0864. The topological polar surface area (TPSA) is 51.2 Å². The molecule has 4 nitrogen and oxygen atoms in total. The monoisotopic (exact) mass is 400 g/mol. The number of carbonyl (C=O) groups is 1. The fourth-order valence-electron chi connectivity index (χ4n) is 4.48. The third-order valence-corrected chi connectivity index (χ3v) is 5.43. The Labute approximate surface area is 172 Å². The minimum atomic E-state index is 0.0570. The number of halogens is 1. The number of aromatic nitrogens is 1. The second-order valence-corrected chi connectivity index (χ2v) is 9.43. The molecule has 2 heterocycles. The van der Waals surface area contributed by atoms with Crippen LogP contribution in [0.15, 0.2) is 42.6 Å². The summed E-state index contributed by atoms with van der Waals surface area (Å²) in [6.07, 6.45) is 4.25. The van der Waals surface area contributed by atoms with Crippen LogP contribution in [0.25, 0.3) is 0 Å². The van der Waals surface area contributed by atoms with Crippen LogP contribution >= 0.6 is 11.6 Å². The Morgan fingerprint density at radius 3 is 2.39 bits per heavy atom. The quantitative estimate of drug-likeness (QED) is 0.517. The van der Waals surface area contributed by atoms with E-state index in [9.17, 15) is 4.79 Å². The van der Waals surface area contributed by atoms with Crippen LogP contribution in [-0.2, 0) is 6.61 Å². The largest absolute Gasteiger partial charge is 0.486 e. The van der Waals surface area contributed by atoms with Gasteiger partial charge < -0.3 is 10.1 Å². The average Bonchev–Trinajstić information content (AvgIpc) is 2.58. The van der Waals surface area contributed by atoms with Crippen molar-refractivity contribution >= 4 is 17.4 Å². The number of ether oxygens (including phenoxy) is 1. The normalized spacial score (nSPS) is 18.6. The summed E-state index contributed by atoms with van der Waals surface area (Å²) in [6, 6.07) is 11.2. The van der Waals surface area contributed by atoms with Gasteiger partial charge in [-0.05, 0) is 64.2 Å². The van der Waals surface area contributed by atoms with E-state index in [1.54, 1.807) is 18.3 Å². The zero-order chi connectivity index (χ0) is 20.4. The van der Waals surface area contributed by atoms with Gasteiger partial charge in [0.1, 0.15) is 6.61 Å². The molecule has 1 fully saturated rings. The Morgan fingerprint density at radius 1 is 1.14 bits per heavy atom. The second-order valence-electron chi connectivity index (χ2n) is 9.07. The Bertz CT molecular complexity index is 815. The standard InChI is InChI=1S/C23H29ClN2O2/c1-22(2)13-17(14-23(3,4)26-22)12-19(27)18-9-7-16(8-10-18)15-28-20-6-5-11-25-21(20)24/h5-11,17,26H,12-15H2,1-4H3. The van der Waals surface area contributed by atoms with Gasteiger partial charge >= 0.3 is 0 Å². The highest BCUT2D eigenvalue weighted by molar-refractivity contribution is 6.30. The van der Waals surface area contributed by atoms with E-state index in [1.165, 1.54) is 0 Å². The first-order valence-electron chi connectivity index (χ1n) is 9.78. The number of hydrogen-bond acceptors (Lipinski definition) is 4. The van der Waals surface area contributed by atoms with Crippen LogP contribution in [0.4, 0.5) is 0 Å². The Kier molecular flexibility index (Phi) is 6.11. The fraction of sp³-hybridized carbons (Fsp3) is 0.478. The van der Waals surface area contributed by atoms with E-state index in [0.717, 1.165) is 24.0 Å². The number of nitrogens with zero attached hydrogens (tertiary/aromatic N) is 1. The molecule has 5 heteroatoms. The molecule has 28 heavy (non-hydrogen) atoms. The van der Waals surface area contributed by atoms with Gasteiger partial charge in [-0.15, -0.1) is 0 Å². The number of hydrogen-bond donors (Lipinski definition) is 1. The molecule has 0 saturated carbocycles. The van der Waals surface area contributed by atoms with Crippen molar-refractivity contribution in [2.45, 2.75) is 64.6 Å². The zero-order valence-corrected chi connectivity index (χ0v) is 17.8. The number of carbonyl (C=O) groups excluding carboxylic acids is 1. The number of Topliss-reactive ketones (excluding diaryl/α,β-unsaturated/α-hetero) is 1. The van der Waals surface area contributed by atoms with Gasteiger partial charge in [0.2, 0.25) is 0 Å². The maximum atomic E-state index is 12.8. The first kappa shape index (κ1) is 20.8. The summed E-state index contributed by atoms with van der Waals surface area (Å²) in [5.41, 5.74) is 1.86. The maximum absolute atomic E-state index is 12.8. The van der Waals surface area contributed by atoms with Crippen molar-refractivity contribution in [3.63, 3.8) is 0 Å². The third kappa shape index (κ3) is 5.55. The molecular formula is C23H29ClN2O2. The minimum Gasteiger partial charge on any atom is -0.486 e. The van der Waals surface area contributed by atoms with Gasteiger partial charge in [-0.3, -0.25) is 4.79 Å². The average molecular weight is 401 g/mol. The number of piperidine rings is 1. The van der Waals surface area contributed by atoms with Crippen LogP contribution in [0, 0.1) is 5.92 Å². The number of rotatable bonds is 6. The summed E-state index contributed by atoms with van der Waals surface area (Å²) in [5, 5.41) is 4.02. The molecule has 2 aromatic rings. The molecule has 1 aromatic heterocycles. The van der Waals surface area contributed by atoms with Crippen LogP contribution in [0.2, 0.25) is 5.15 Å². The first-order chi connectivity index (χ1) is 13.1. The molecule has 1 saturated heterocycles. The summed E-state index contributed by atoms with van der Waals surface area (Å²) in [5.74, 6) is 1.16. The van der Waals surface area contributed by atoms with Crippen molar-refractivity contribution in [3.8, 4) is 5.75 Å². The van der Waals surface area contributed by atoms with Crippen molar-refractivity contribution in [3.05, 3.63) is 58.9 Å². The van der Waals surface area contributed by atoms with Gasteiger partial charge in [0.15, 0.2) is 16.7 Å². The lowest BCUT2D eigenvalue weighted by Crippen LogP contribution is -2.57. The van der Waals surface area contributed by atoms with E-state index in [1.807, 2.05) is 24.3 Å². The molecule has 0 unspecified atom stereocenters. The molecule has 0 aliphatic carbocycles. The SMILES string of the molecule is CC1(C)CC(CC(=O)c2ccc(COc3cccnc3Cl)cc2)CC(C)(C)N1. The lowest BCUT2D eigenvalue weighted by Gasteiger charge is -2.46. The Balaban J connectivity index is 1.58. The molecule has 1 aliphatic rings. The van der Waals surface area contributed by atoms with E-state index >= 15 is 0 Å². The van der Waals surface area contributed by atoms with Gasteiger partial charge in [0.05, 0.1) is 0 Å². The molecule has 1 aliphatic heterocycles. The van der Waals surface area contributed by atoms with Gasteiger partial charge in [-0.1, -0.05) is 35.9 Å². The number of pyridine rings is 1. The summed E-state index contributed by atoms with van der Waals surface area (Å²) in [6.45, 7) is 9.25. The summed E-state index contributed by atoms with van der Waals surface area (Å²) >= 11 is 6.00. The predicted molar refractivity (Wildman–Crippen MR) is 113 cm³/mol. The van der Waals surface area contributed by atoms with E-state index in [4.69, 9.17) is 16.3 Å². The van der Waals surface area contributed by atoms with Crippen LogP contribution < -0.4 is 10.1 Å². The Morgan fingerprint density at radius 2 is 1.79 bits per heavy atom. The van der Waals surface area contributed by atoms with E-state index in [2.05, 4.69) is 38.0 Å². The summed E-state index contributed by atoms with van der Waals surface area (Å²) in [7, 11) is 0. The maximum Gasteiger partial charge on any atom is 0.171 e. The van der Waals surface area contributed by atoms with Crippen molar-refractivity contribution in [2.75, 3.05) is 0 Å². The van der Waals surface area contributed by atoms with E-state index < -0.39 is 0 Å². The van der Waals surface area contributed by atoms with Gasteiger partial charge in [0.25, 0.3) is 0 Å². The number of nitrogens with one attached hydrogen (secondary N) is 1. The van der Waals surface area contributed by atoms with Crippen LogP contribution in [-0.4, -0.2) is 21.8 Å². The van der Waals surface area contributed by atoms with Crippen LogP contribution in [0.1, 0.15) is 62.9 Å². The molecule has 0 spiro atoms. The third-order valence-electron chi connectivity index (χ3n) is 5.14. The van der Waals surface area contributed by atoms with Crippen LogP contribution in [0.5, 0.6) is 5.75 Å². The molecule has 0 atom stereocenters. The smallest absolute Gasteiger partial charge is 0.171 e. The first-order valence-corrected chi connectivity index (χ1v) is 10.2. The summed E-state index contributed by atoms with van der Waals surface area (Å²) < 4.78 is 5.70. The highest BCUT2D eigenvalue weighted by Gasteiger charge is 2.38. The van der Waals surface area contributed by atoms with Crippen molar-refractivity contribution in [2.24, 2.45) is 5.92 Å². The van der Waals surface area contributed by atoms with Crippen molar-refractivity contribution < 1.29 is 9.53 Å². The number of benzene rings is 1. The second kappa shape index (κ2) is 8.22. The van der Waals surface area contributed by atoms with E-state index in [0.29, 0.717) is 29.8 Å². The van der Waals surface area contributed by atoms with Crippen molar-refractivity contribution in [1.29, 1.82) is 0 Å². The molecule has 0 amide bonds. The molecule has 3 rings (SSSR count). The van der Waals surface area contributed by atoms with Gasteiger partial charge in [-0.25, -0.2) is 4.98 Å². The molecule has 1 aromatic carbocycles.